The van der Waals surface area contributed by atoms with E-state index in [0.717, 1.165) is 6.08 Å². The molecule has 16 heavy (non-hydrogen) atoms. The molecular weight excluding hydrogens is 212 g/mol. The van der Waals surface area contributed by atoms with Gasteiger partial charge in [-0.2, -0.15) is 5.26 Å². The van der Waals surface area contributed by atoms with Gasteiger partial charge in [-0.1, -0.05) is 12.1 Å². The molecular formula is C10H6N2O4. The van der Waals surface area contributed by atoms with Crippen LogP contribution in [0.4, 0.5) is 5.69 Å². The molecule has 0 aliphatic heterocycles. The maximum absolute atomic E-state index is 10.5. The highest BCUT2D eigenvalue weighted by Gasteiger charge is 2.08. The van der Waals surface area contributed by atoms with E-state index in [2.05, 4.69) is 0 Å². The highest BCUT2D eigenvalue weighted by atomic mass is 16.6. The molecule has 0 heterocycles. The Morgan fingerprint density at radius 2 is 2.25 bits per heavy atom. The predicted octanol–water partition coefficient (Wildman–Crippen LogP) is 1.59. The number of aliphatic carboxylic acids is 1. The lowest BCUT2D eigenvalue weighted by molar-refractivity contribution is -0.384. The number of nitrogens with zero attached hydrogens (tertiary/aromatic N) is 2. The standard InChI is InChI=1S/C10H6N2O4/c11-6-8(10(13)14)4-7-2-1-3-9(5-7)12(15)16/h1-5H,(H,13,14)/b8-4-. The van der Waals surface area contributed by atoms with Gasteiger partial charge in [0.15, 0.2) is 0 Å². The molecule has 6 heteroatoms. The third-order valence-corrected chi connectivity index (χ3v) is 1.74. The van der Waals surface area contributed by atoms with Crippen LogP contribution in [0.2, 0.25) is 0 Å². The van der Waals surface area contributed by atoms with Crippen LogP contribution in [0.5, 0.6) is 0 Å². The molecule has 0 atom stereocenters. The minimum Gasteiger partial charge on any atom is -0.477 e. The van der Waals surface area contributed by atoms with E-state index < -0.39 is 16.5 Å². The quantitative estimate of drug-likeness (QED) is 0.359. The van der Waals surface area contributed by atoms with Crippen LogP contribution >= 0.6 is 0 Å². The molecule has 1 aromatic carbocycles. The smallest absolute Gasteiger partial charge is 0.346 e. The number of nitro benzene ring substituents is 1. The second kappa shape index (κ2) is 4.70. The summed E-state index contributed by atoms with van der Waals surface area (Å²) in [6.45, 7) is 0. The van der Waals surface area contributed by atoms with Crippen LogP contribution in [-0.4, -0.2) is 16.0 Å². The Morgan fingerprint density at radius 3 is 2.75 bits per heavy atom. The molecule has 80 valence electrons. The molecule has 0 aliphatic rings. The van der Waals surface area contributed by atoms with E-state index in [0.29, 0.717) is 5.56 Å². The molecule has 0 radical (unpaired) electrons. The van der Waals surface area contributed by atoms with Crippen molar-refractivity contribution in [2.45, 2.75) is 0 Å². The van der Waals surface area contributed by atoms with Crippen LogP contribution in [0.3, 0.4) is 0 Å². The van der Waals surface area contributed by atoms with Crippen molar-refractivity contribution in [3.63, 3.8) is 0 Å². The lowest BCUT2D eigenvalue weighted by Crippen LogP contribution is -1.97. The van der Waals surface area contributed by atoms with Crippen molar-refractivity contribution in [1.29, 1.82) is 5.26 Å². The molecule has 0 aromatic heterocycles. The van der Waals surface area contributed by atoms with Crippen molar-refractivity contribution in [2.75, 3.05) is 0 Å². The normalized spacial score (nSPS) is 10.6. The highest BCUT2D eigenvalue weighted by molar-refractivity contribution is 5.96. The lowest BCUT2D eigenvalue weighted by Gasteiger charge is -1.94. The van der Waals surface area contributed by atoms with E-state index in [4.69, 9.17) is 10.4 Å². The molecule has 1 N–H and O–H groups in total. The van der Waals surface area contributed by atoms with Gasteiger partial charge in [0, 0.05) is 12.1 Å². The van der Waals surface area contributed by atoms with E-state index in [1.165, 1.54) is 30.3 Å². The van der Waals surface area contributed by atoms with Crippen molar-refractivity contribution in [3.05, 3.63) is 45.5 Å². The topological polar surface area (TPSA) is 104 Å². The van der Waals surface area contributed by atoms with E-state index in [-0.39, 0.29) is 5.69 Å². The second-order valence-corrected chi connectivity index (χ2v) is 2.83. The number of nitriles is 1. The Balaban J connectivity index is 3.16. The van der Waals surface area contributed by atoms with Gasteiger partial charge < -0.3 is 5.11 Å². The number of nitro groups is 1. The van der Waals surface area contributed by atoms with Gasteiger partial charge in [-0.05, 0) is 11.6 Å². The number of benzene rings is 1. The lowest BCUT2D eigenvalue weighted by atomic mass is 10.1. The number of carboxylic acids is 1. The van der Waals surface area contributed by atoms with E-state index in [1.807, 2.05) is 0 Å². The largest absolute Gasteiger partial charge is 0.477 e. The number of rotatable bonds is 3. The summed E-state index contributed by atoms with van der Waals surface area (Å²) < 4.78 is 0. The van der Waals surface area contributed by atoms with Gasteiger partial charge in [0.05, 0.1) is 4.92 Å². The first-order valence-corrected chi connectivity index (χ1v) is 4.14. The average Bonchev–Trinajstić information content (AvgIpc) is 2.25. The number of hydrogen-bond acceptors (Lipinski definition) is 4. The zero-order valence-corrected chi connectivity index (χ0v) is 7.95. The Labute approximate surface area is 90.2 Å². The van der Waals surface area contributed by atoms with Crippen LogP contribution in [-0.2, 0) is 4.79 Å². The third-order valence-electron chi connectivity index (χ3n) is 1.74. The SMILES string of the molecule is N#C/C(=C/c1cccc([N+](=O)[O-])c1)C(=O)O. The first-order chi connectivity index (χ1) is 7.54. The summed E-state index contributed by atoms with van der Waals surface area (Å²) in [6.07, 6.45) is 1.08. The van der Waals surface area contributed by atoms with Gasteiger partial charge in [-0.3, -0.25) is 10.1 Å². The van der Waals surface area contributed by atoms with Crippen molar-refractivity contribution in [1.82, 2.24) is 0 Å². The molecule has 0 saturated heterocycles. The van der Waals surface area contributed by atoms with Gasteiger partial charge >= 0.3 is 5.97 Å². The molecule has 1 aromatic rings. The fourth-order valence-corrected chi connectivity index (χ4v) is 1.04. The Morgan fingerprint density at radius 1 is 1.56 bits per heavy atom. The summed E-state index contributed by atoms with van der Waals surface area (Å²) in [6, 6.07) is 6.86. The summed E-state index contributed by atoms with van der Waals surface area (Å²) in [4.78, 5) is 20.4. The highest BCUT2D eigenvalue weighted by Crippen LogP contribution is 2.15. The molecule has 0 unspecified atom stereocenters. The Hall–Kier alpha value is -2.68. The molecule has 0 bridgehead atoms. The fourth-order valence-electron chi connectivity index (χ4n) is 1.04. The predicted molar refractivity (Wildman–Crippen MR) is 54.3 cm³/mol. The fraction of sp³-hybridized carbons (Fsp3) is 0. The van der Waals surface area contributed by atoms with E-state index in [9.17, 15) is 14.9 Å². The molecule has 6 nitrogen and oxygen atoms in total. The minimum absolute atomic E-state index is 0.156. The molecule has 0 spiro atoms. The first-order valence-electron chi connectivity index (χ1n) is 4.14. The van der Waals surface area contributed by atoms with Crippen LogP contribution in [0, 0.1) is 21.4 Å². The number of carbonyl (C=O) groups is 1. The molecule has 0 fully saturated rings. The van der Waals surface area contributed by atoms with Crippen LogP contribution in [0.1, 0.15) is 5.56 Å². The van der Waals surface area contributed by atoms with Crippen molar-refractivity contribution >= 4 is 17.7 Å². The average molecular weight is 218 g/mol. The summed E-state index contributed by atoms with van der Waals surface area (Å²) in [5, 5.41) is 27.5. The van der Waals surface area contributed by atoms with Crippen LogP contribution in [0.25, 0.3) is 6.08 Å². The summed E-state index contributed by atoms with van der Waals surface area (Å²) >= 11 is 0. The summed E-state index contributed by atoms with van der Waals surface area (Å²) in [7, 11) is 0. The Bertz CT molecular complexity index is 514. The zero-order chi connectivity index (χ0) is 12.1. The van der Waals surface area contributed by atoms with Gasteiger partial charge in [-0.25, -0.2) is 4.79 Å². The van der Waals surface area contributed by atoms with Crippen molar-refractivity contribution < 1.29 is 14.8 Å². The maximum Gasteiger partial charge on any atom is 0.346 e. The molecule has 1 rings (SSSR count). The third kappa shape index (κ3) is 2.65. The van der Waals surface area contributed by atoms with Crippen LogP contribution < -0.4 is 0 Å². The van der Waals surface area contributed by atoms with E-state index >= 15 is 0 Å². The maximum atomic E-state index is 10.5. The number of hydrogen-bond donors (Lipinski definition) is 1. The van der Waals surface area contributed by atoms with E-state index in [1.54, 1.807) is 0 Å². The van der Waals surface area contributed by atoms with Gasteiger partial charge in [0.2, 0.25) is 0 Å². The summed E-state index contributed by atoms with van der Waals surface area (Å²) in [5.74, 6) is -1.37. The number of non-ortho nitro benzene ring substituents is 1. The molecule has 0 aliphatic carbocycles. The first kappa shape index (κ1) is 11.4. The minimum atomic E-state index is -1.37. The van der Waals surface area contributed by atoms with Gasteiger partial charge in [-0.15, -0.1) is 0 Å². The van der Waals surface area contributed by atoms with Gasteiger partial charge in [0.25, 0.3) is 5.69 Å². The summed E-state index contributed by atoms with van der Waals surface area (Å²) in [5.41, 5.74) is -0.329. The van der Waals surface area contributed by atoms with Gasteiger partial charge in [0.1, 0.15) is 11.6 Å². The number of carboxylic acid groups (broad SMARTS) is 1. The molecule has 0 amide bonds. The second-order valence-electron chi connectivity index (χ2n) is 2.83. The zero-order valence-electron chi connectivity index (χ0n) is 7.95. The monoisotopic (exact) mass is 218 g/mol. The molecule has 0 saturated carbocycles. The van der Waals surface area contributed by atoms with Crippen molar-refractivity contribution in [2.24, 2.45) is 0 Å². The van der Waals surface area contributed by atoms with Crippen LogP contribution in [0.15, 0.2) is 29.8 Å². The van der Waals surface area contributed by atoms with Crippen molar-refractivity contribution in [3.8, 4) is 6.07 Å². The Kier molecular flexibility index (Phi) is 3.35.